The summed E-state index contributed by atoms with van der Waals surface area (Å²) in [5.74, 6) is 0.823. The third-order valence-electron chi connectivity index (χ3n) is 2.40. The molecule has 6 heteroatoms. The average Bonchev–Trinajstić information content (AvgIpc) is 2.40. The second kappa shape index (κ2) is 5.90. The Hall–Kier alpha value is -2.50. The van der Waals surface area contributed by atoms with Gasteiger partial charge in [-0.1, -0.05) is 0 Å². The van der Waals surface area contributed by atoms with Gasteiger partial charge in [-0.15, -0.1) is 0 Å². The minimum atomic E-state index is -0.325. The summed E-state index contributed by atoms with van der Waals surface area (Å²) in [6.07, 6.45) is 4.61. The fraction of sp³-hybridized carbons (Fsp3) is 0.231. The second-order valence-corrected chi connectivity index (χ2v) is 3.99. The molecule has 0 atom stereocenters. The lowest BCUT2D eigenvalue weighted by Gasteiger charge is -2.05. The number of hydrogen-bond donors (Lipinski definition) is 2. The van der Waals surface area contributed by atoms with Gasteiger partial charge in [-0.05, 0) is 31.5 Å². The van der Waals surface area contributed by atoms with Crippen LogP contribution in [0.25, 0.3) is 0 Å². The molecule has 0 bridgehead atoms. The van der Waals surface area contributed by atoms with Gasteiger partial charge < -0.3 is 10.6 Å². The molecule has 0 aliphatic heterocycles. The monoisotopic (exact) mass is 257 g/mol. The number of nitrogens with zero attached hydrogens (tertiary/aromatic N) is 3. The molecule has 0 aliphatic carbocycles. The molecule has 98 valence electrons. The van der Waals surface area contributed by atoms with E-state index >= 15 is 0 Å². The van der Waals surface area contributed by atoms with Crippen LogP contribution in [0.2, 0.25) is 0 Å². The molecule has 2 heterocycles. The van der Waals surface area contributed by atoms with Crippen LogP contribution in [-0.2, 0) is 0 Å². The molecule has 0 spiro atoms. The Morgan fingerprint density at radius 3 is 2.68 bits per heavy atom. The highest BCUT2D eigenvalue weighted by atomic mass is 16.1. The van der Waals surface area contributed by atoms with Crippen LogP contribution < -0.4 is 10.6 Å². The van der Waals surface area contributed by atoms with Crippen LogP contribution in [0.1, 0.15) is 23.0 Å². The number of anilines is 2. The normalized spacial score (nSPS) is 10.0. The van der Waals surface area contributed by atoms with Gasteiger partial charge in [0.1, 0.15) is 17.3 Å². The fourth-order valence-corrected chi connectivity index (χ4v) is 1.50. The summed E-state index contributed by atoms with van der Waals surface area (Å²) >= 11 is 0. The topological polar surface area (TPSA) is 79.8 Å². The Morgan fingerprint density at radius 1 is 1.21 bits per heavy atom. The van der Waals surface area contributed by atoms with Gasteiger partial charge in [0.2, 0.25) is 0 Å². The molecule has 0 saturated carbocycles. The smallest absolute Gasteiger partial charge is 0.277 e. The second-order valence-electron chi connectivity index (χ2n) is 3.99. The summed E-state index contributed by atoms with van der Waals surface area (Å²) in [5, 5.41) is 5.69. The highest BCUT2D eigenvalue weighted by molar-refractivity contribution is 6.02. The summed E-state index contributed by atoms with van der Waals surface area (Å²) < 4.78 is 0. The van der Waals surface area contributed by atoms with Gasteiger partial charge in [0, 0.05) is 12.7 Å². The third-order valence-corrected chi connectivity index (χ3v) is 2.40. The molecule has 0 unspecified atom stereocenters. The number of amides is 1. The lowest BCUT2D eigenvalue weighted by atomic mass is 10.3. The van der Waals surface area contributed by atoms with E-state index in [1.807, 2.05) is 19.9 Å². The summed E-state index contributed by atoms with van der Waals surface area (Å²) in [5.41, 5.74) is 1.28. The summed E-state index contributed by atoms with van der Waals surface area (Å²) in [6.45, 7) is 4.65. The van der Waals surface area contributed by atoms with Crippen molar-refractivity contribution in [2.45, 2.75) is 13.8 Å². The van der Waals surface area contributed by atoms with E-state index in [1.165, 1.54) is 12.4 Å². The van der Waals surface area contributed by atoms with Crippen LogP contribution in [-0.4, -0.2) is 27.4 Å². The van der Waals surface area contributed by atoms with Gasteiger partial charge in [-0.25, -0.2) is 15.0 Å². The van der Waals surface area contributed by atoms with E-state index in [-0.39, 0.29) is 11.6 Å². The summed E-state index contributed by atoms with van der Waals surface area (Å²) in [7, 11) is 0. The van der Waals surface area contributed by atoms with Crippen molar-refractivity contribution < 1.29 is 4.79 Å². The van der Waals surface area contributed by atoms with Gasteiger partial charge in [0.25, 0.3) is 5.91 Å². The molecule has 19 heavy (non-hydrogen) atoms. The van der Waals surface area contributed by atoms with Crippen molar-refractivity contribution in [3.63, 3.8) is 0 Å². The van der Waals surface area contributed by atoms with E-state index in [4.69, 9.17) is 0 Å². The van der Waals surface area contributed by atoms with Crippen LogP contribution >= 0.6 is 0 Å². The molecule has 1 amide bonds. The number of hydrogen-bond acceptors (Lipinski definition) is 5. The lowest BCUT2D eigenvalue weighted by molar-refractivity contribution is 0.102. The molecule has 2 aromatic heterocycles. The minimum absolute atomic E-state index is 0.255. The highest BCUT2D eigenvalue weighted by Gasteiger charge is 2.09. The molecule has 2 rings (SSSR count). The van der Waals surface area contributed by atoms with E-state index in [2.05, 4.69) is 25.6 Å². The summed E-state index contributed by atoms with van der Waals surface area (Å²) in [4.78, 5) is 24.1. The van der Waals surface area contributed by atoms with E-state index in [9.17, 15) is 4.79 Å². The largest absolute Gasteiger partial charge is 0.369 e. The Bertz CT molecular complexity index is 568. The molecule has 0 aromatic carbocycles. The molecule has 0 radical (unpaired) electrons. The minimum Gasteiger partial charge on any atom is -0.369 e. The quantitative estimate of drug-likeness (QED) is 0.874. The van der Waals surface area contributed by atoms with Crippen molar-refractivity contribution in [3.8, 4) is 0 Å². The number of nitrogens with one attached hydrogen (secondary N) is 2. The van der Waals surface area contributed by atoms with Crippen molar-refractivity contribution in [1.29, 1.82) is 0 Å². The first-order valence-corrected chi connectivity index (χ1v) is 5.99. The Balaban J connectivity index is 2.07. The Kier molecular flexibility index (Phi) is 4.02. The van der Waals surface area contributed by atoms with Crippen molar-refractivity contribution in [1.82, 2.24) is 15.0 Å². The van der Waals surface area contributed by atoms with Crippen LogP contribution in [0.5, 0.6) is 0 Å². The molecule has 2 N–H and O–H groups in total. The van der Waals surface area contributed by atoms with Crippen molar-refractivity contribution in [2.75, 3.05) is 17.2 Å². The molecule has 2 aromatic rings. The number of carbonyl (C=O) groups is 1. The highest BCUT2D eigenvalue weighted by Crippen LogP contribution is 2.07. The van der Waals surface area contributed by atoms with Gasteiger partial charge in [0.05, 0.1) is 12.4 Å². The van der Waals surface area contributed by atoms with E-state index in [1.54, 1.807) is 12.3 Å². The molecular weight excluding hydrogens is 242 g/mol. The van der Waals surface area contributed by atoms with Crippen LogP contribution in [0.3, 0.4) is 0 Å². The zero-order chi connectivity index (χ0) is 13.7. The predicted octanol–water partition coefficient (Wildman–Crippen LogP) is 1.86. The SMILES string of the molecule is CCNc1cnc(C(=O)Nc2cc(C)ccn2)cn1. The number of rotatable bonds is 4. The first kappa shape index (κ1) is 12.9. The zero-order valence-corrected chi connectivity index (χ0v) is 10.8. The number of aromatic nitrogens is 3. The molecule has 6 nitrogen and oxygen atoms in total. The maximum absolute atomic E-state index is 11.9. The molecular formula is C13H15N5O. The maximum Gasteiger partial charge on any atom is 0.277 e. The third kappa shape index (κ3) is 3.48. The fourth-order valence-electron chi connectivity index (χ4n) is 1.50. The molecule has 0 saturated heterocycles. The maximum atomic E-state index is 11.9. The van der Waals surface area contributed by atoms with Gasteiger partial charge in [0.15, 0.2) is 0 Å². The van der Waals surface area contributed by atoms with Crippen molar-refractivity contribution in [3.05, 3.63) is 42.0 Å². The zero-order valence-electron chi connectivity index (χ0n) is 10.8. The average molecular weight is 257 g/mol. The van der Waals surface area contributed by atoms with Gasteiger partial charge in [-0.3, -0.25) is 4.79 Å². The van der Waals surface area contributed by atoms with E-state index in [0.717, 1.165) is 12.1 Å². The van der Waals surface area contributed by atoms with Crippen LogP contribution in [0.4, 0.5) is 11.6 Å². The first-order valence-electron chi connectivity index (χ1n) is 5.99. The summed E-state index contributed by atoms with van der Waals surface area (Å²) in [6, 6.07) is 3.65. The van der Waals surface area contributed by atoms with Crippen LogP contribution in [0, 0.1) is 6.92 Å². The van der Waals surface area contributed by atoms with Crippen molar-refractivity contribution in [2.24, 2.45) is 0 Å². The Morgan fingerprint density at radius 2 is 2.05 bits per heavy atom. The number of pyridine rings is 1. The number of carbonyl (C=O) groups excluding carboxylic acids is 1. The van der Waals surface area contributed by atoms with Crippen molar-refractivity contribution >= 4 is 17.5 Å². The van der Waals surface area contributed by atoms with Gasteiger partial charge in [-0.2, -0.15) is 0 Å². The standard InChI is InChI=1S/C13H15N5O/c1-3-14-12-8-16-10(7-17-12)13(19)18-11-6-9(2)4-5-15-11/h4-8H,3H2,1-2H3,(H,14,17)(H,15,18,19). The van der Waals surface area contributed by atoms with E-state index < -0.39 is 0 Å². The first-order chi connectivity index (χ1) is 9.19. The molecule has 0 aliphatic rings. The number of aryl methyl sites for hydroxylation is 1. The Labute approximate surface area is 111 Å². The molecule has 0 fully saturated rings. The van der Waals surface area contributed by atoms with Gasteiger partial charge >= 0.3 is 0 Å². The van der Waals surface area contributed by atoms with Crippen LogP contribution in [0.15, 0.2) is 30.7 Å². The lowest BCUT2D eigenvalue weighted by Crippen LogP contribution is -2.15. The van der Waals surface area contributed by atoms with E-state index in [0.29, 0.717) is 11.6 Å². The predicted molar refractivity (Wildman–Crippen MR) is 73.1 cm³/mol.